The molecule has 1 heterocycles. The molecule has 0 bridgehead atoms. The van der Waals surface area contributed by atoms with Crippen LogP contribution in [0.5, 0.6) is 5.75 Å². The number of nitrogens with zero attached hydrogens (tertiary/aromatic N) is 1. The quantitative estimate of drug-likeness (QED) is 0.556. The van der Waals surface area contributed by atoms with Gasteiger partial charge in [0.1, 0.15) is 5.75 Å². The number of carbonyl (C=O) groups is 1. The molecule has 0 saturated carbocycles. The van der Waals surface area contributed by atoms with E-state index in [4.69, 9.17) is 17.0 Å². The maximum absolute atomic E-state index is 13.5. The maximum Gasteiger partial charge on any atom is 0.255 e. The van der Waals surface area contributed by atoms with Gasteiger partial charge in [-0.15, -0.1) is 0 Å². The van der Waals surface area contributed by atoms with Crippen LogP contribution in [0.15, 0.2) is 96.2 Å². The molecule has 1 aliphatic rings. The molecule has 31 heavy (non-hydrogen) atoms. The van der Waals surface area contributed by atoms with E-state index in [1.54, 1.807) is 7.11 Å². The van der Waals surface area contributed by atoms with Crippen molar-refractivity contribution in [2.45, 2.75) is 13.0 Å². The van der Waals surface area contributed by atoms with E-state index in [1.807, 2.05) is 96.8 Å². The number of anilines is 2. The number of thiocarbonyl (C=S) groups is 1. The smallest absolute Gasteiger partial charge is 0.255 e. The number of amides is 1. The number of ether oxygens (including phenoxy) is 1. The van der Waals surface area contributed by atoms with Crippen molar-refractivity contribution in [1.82, 2.24) is 5.32 Å². The van der Waals surface area contributed by atoms with E-state index in [0.717, 1.165) is 28.4 Å². The molecule has 0 unspecified atom stereocenters. The van der Waals surface area contributed by atoms with Crippen LogP contribution < -0.4 is 20.3 Å². The van der Waals surface area contributed by atoms with Crippen LogP contribution in [0.2, 0.25) is 0 Å². The van der Waals surface area contributed by atoms with Crippen molar-refractivity contribution < 1.29 is 9.53 Å². The van der Waals surface area contributed by atoms with Crippen molar-refractivity contribution in [1.29, 1.82) is 0 Å². The topological polar surface area (TPSA) is 53.6 Å². The molecule has 0 radical (unpaired) electrons. The predicted molar refractivity (Wildman–Crippen MR) is 128 cm³/mol. The lowest BCUT2D eigenvalue weighted by atomic mass is 9.94. The summed E-state index contributed by atoms with van der Waals surface area (Å²) in [5.41, 5.74) is 3.94. The highest BCUT2D eigenvalue weighted by Gasteiger charge is 2.34. The van der Waals surface area contributed by atoms with Gasteiger partial charge in [-0.1, -0.05) is 48.5 Å². The molecule has 0 aliphatic carbocycles. The second kappa shape index (κ2) is 9.02. The third-order valence-electron chi connectivity index (χ3n) is 5.22. The number of benzene rings is 3. The van der Waals surface area contributed by atoms with Crippen molar-refractivity contribution in [2.75, 3.05) is 17.3 Å². The first kappa shape index (κ1) is 20.6. The fourth-order valence-corrected chi connectivity index (χ4v) is 4.05. The standard InChI is InChI=1S/C25H23N3O2S/c1-17-22(24(29)26-19-9-5-3-6-10-19)23(18-13-15-21(30-2)16-14-18)27-25(31)28(17)20-11-7-4-8-12-20/h3-16,23H,1-2H3,(H,26,29)(H,27,31)/t23-/m0/s1. The summed E-state index contributed by atoms with van der Waals surface area (Å²) in [4.78, 5) is 15.4. The molecule has 4 rings (SSSR count). The summed E-state index contributed by atoms with van der Waals surface area (Å²) in [5, 5.41) is 6.93. The Morgan fingerprint density at radius 2 is 1.58 bits per heavy atom. The number of hydrogen-bond acceptors (Lipinski definition) is 3. The predicted octanol–water partition coefficient (Wildman–Crippen LogP) is 5.04. The van der Waals surface area contributed by atoms with E-state index >= 15 is 0 Å². The minimum absolute atomic E-state index is 0.180. The van der Waals surface area contributed by atoms with Gasteiger partial charge < -0.3 is 15.4 Å². The third kappa shape index (κ3) is 4.29. The summed E-state index contributed by atoms with van der Waals surface area (Å²) in [6, 6.07) is 26.5. The third-order valence-corrected chi connectivity index (χ3v) is 5.53. The van der Waals surface area contributed by atoms with Gasteiger partial charge in [0.2, 0.25) is 0 Å². The SMILES string of the molecule is COc1ccc([C@@H]2NC(=S)N(c3ccccc3)C(C)=C2C(=O)Nc2ccccc2)cc1. The van der Waals surface area contributed by atoms with E-state index < -0.39 is 0 Å². The Kier molecular flexibility index (Phi) is 6.00. The number of nitrogens with one attached hydrogen (secondary N) is 2. The molecule has 2 N–H and O–H groups in total. The Morgan fingerprint density at radius 1 is 0.968 bits per heavy atom. The minimum atomic E-state index is -0.387. The van der Waals surface area contributed by atoms with Gasteiger partial charge in [-0.25, -0.2) is 0 Å². The number of allylic oxidation sites excluding steroid dienone is 1. The second-order valence-electron chi connectivity index (χ2n) is 7.15. The lowest BCUT2D eigenvalue weighted by Gasteiger charge is -2.38. The van der Waals surface area contributed by atoms with Crippen LogP contribution in [0, 0.1) is 0 Å². The summed E-state index contributed by atoms with van der Waals surface area (Å²) < 4.78 is 5.28. The van der Waals surface area contributed by atoms with Crippen molar-refractivity contribution in [2.24, 2.45) is 0 Å². The zero-order valence-corrected chi connectivity index (χ0v) is 18.1. The van der Waals surface area contributed by atoms with Crippen molar-refractivity contribution in [3.8, 4) is 5.75 Å². The highest BCUT2D eigenvalue weighted by molar-refractivity contribution is 7.80. The highest BCUT2D eigenvalue weighted by Crippen LogP contribution is 2.34. The monoisotopic (exact) mass is 429 g/mol. The zero-order valence-electron chi connectivity index (χ0n) is 17.3. The van der Waals surface area contributed by atoms with E-state index in [-0.39, 0.29) is 11.9 Å². The van der Waals surface area contributed by atoms with Crippen LogP contribution >= 0.6 is 12.2 Å². The fraction of sp³-hybridized carbons (Fsp3) is 0.120. The summed E-state index contributed by atoms with van der Waals surface area (Å²) in [7, 11) is 1.63. The van der Waals surface area contributed by atoms with Gasteiger partial charge >= 0.3 is 0 Å². The molecular weight excluding hydrogens is 406 g/mol. The van der Waals surface area contributed by atoms with Crippen LogP contribution in [0.1, 0.15) is 18.5 Å². The average molecular weight is 430 g/mol. The normalized spacial score (nSPS) is 16.0. The average Bonchev–Trinajstić information content (AvgIpc) is 2.80. The fourth-order valence-electron chi connectivity index (χ4n) is 3.69. The lowest BCUT2D eigenvalue weighted by Crippen LogP contribution is -2.48. The second-order valence-corrected chi connectivity index (χ2v) is 7.53. The van der Waals surface area contributed by atoms with Crippen LogP contribution in [-0.2, 0) is 4.79 Å². The van der Waals surface area contributed by atoms with Gasteiger partial charge in [0.25, 0.3) is 5.91 Å². The Hall–Kier alpha value is -3.64. The van der Waals surface area contributed by atoms with Crippen molar-refractivity contribution in [3.05, 3.63) is 102 Å². The molecule has 1 aliphatic heterocycles. The number of methoxy groups -OCH3 is 1. The van der Waals surface area contributed by atoms with E-state index in [0.29, 0.717) is 10.7 Å². The molecule has 0 aromatic heterocycles. The Labute approximate surface area is 187 Å². The summed E-state index contributed by atoms with van der Waals surface area (Å²) in [6.45, 7) is 1.93. The Bertz CT molecular complexity index is 1110. The van der Waals surface area contributed by atoms with Gasteiger partial charge in [0.15, 0.2) is 5.11 Å². The van der Waals surface area contributed by atoms with Gasteiger partial charge in [-0.2, -0.15) is 0 Å². The largest absolute Gasteiger partial charge is 0.497 e. The van der Waals surface area contributed by atoms with Crippen LogP contribution in [0.3, 0.4) is 0 Å². The van der Waals surface area contributed by atoms with E-state index in [1.165, 1.54) is 0 Å². The van der Waals surface area contributed by atoms with E-state index in [2.05, 4.69) is 10.6 Å². The van der Waals surface area contributed by atoms with Crippen LogP contribution in [0.4, 0.5) is 11.4 Å². The molecule has 5 nitrogen and oxygen atoms in total. The maximum atomic E-state index is 13.5. The number of rotatable bonds is 5. The van der Waals surface area contributed by atoms with Crippen LogP contribution in [0.25, 0.3) is 0 Å². The summed E-state index contributed by atoms with van der Waals surface area (Å²) >= 11 is 5.71. The first-order valence-electron chi connectivity index (χ1n) is 9.95. The van der Waals surface area contributed by atoms with Gasteiger partial charge in [0.05, 0.1) is 18.7 Å². The van der Waals surface area contributed by atoms with Crippen molar-refractivity contribution >= 4 is 34.6 Å². The molecule has 1 atom stereocenters. The van der Waals surface area contributed by atoms with E-state index in [9.17, 15) is 4.79 Å². The molecule has 0 spiro atoms. The van der Waals surface area contributed by atoms with Crippen LogP contribution in [-0.4, -0.2) is 18.1 Å². The van der Waals surface area contributed by atoms with Crippen molar-refractivity contribution in [3.63, 3.8) is 0 Å². The molecule has 0 fully saturated rings. The summed E-state index contributed by atoms with van der Waals surface area (Å²) in [6.07, 6.45) is 0. The molecule has 6 heteroatoms. The number of hydrogen-bond donors (Lipinski definition) is 2. The van der Waals surface area contributed by atoms with Gasteiger partial charge in [-0.3, -0.25) is 9.69 Å². The van der Waals surface area contributed by atoms with Gasteiger partial charge in [0, 0.05) is 17.1 Å². The zero-order chi connectivity index (χ0) is 21.8. The Morgan fingerprint density at radius 3 is 2.19 bits per heavy atom. The first-order chi connectivity index (χ1) is 15.1. The minimum Gasteiger partial charge on any atom is -0.497 e. The molecule has 1 amide bonds. The Balaban J connectivity index is 1.79. The molecule has 3 aromatic rings. The molecule has 3 aromatic carbocycles. The number of para-hydroxylation sites is 2. The molecule has 156 valence electrons. The number of carbonyl (C=O) groups excluding carboxylic acids is 1. The van der Waals surface area contributed by atoms with Gasteiger partial charge in [-0.05, 0) is 61.1 Å². The highest BCUT2D eigenvalue weighted by atomic mass is 32.1. The molecular formula is C25H23N3O2S. The summed E-state index contributed by atoms with van der Waals surface area (Å²) in [5.74, 6) is 0.574. The lowest BCUT2D eigenvalue weighted by molar-refractivity contribution is -0.113. The first-order valence-corrected chi connectivity index (χ1v) is 10.4. The molecule has 0 saturated heterocycles.